The van der Waals surface area contributed by atoms with Crippen molar-refractivity contribution in [3.8, 4) is 0 Å². The fourth-order valence-corrected chi connectivity index (χ4v) is 3.84. The minimum absolute atomic E-state index is 0.0962. The number of piperidine rings is 2. The van der Waals surface area contributed by atoms with Crippen LogP contribution in [0.3, 0.4) is 0 Å². The molecule has 122 valence electrons. The van der Waals surface area contributed by atoms with Crippen LogP contribution >= 0.6 is 0 Å². The number of carbonyl (C=O) groups excluding carboxylic acids is 1. The lowest BCUT2D eigenvalue weighted by molar-refractivity contribution is -0.147. The maximum atomic E-state index is 11.9. The van der Waals surface area contributed by atoms with E-state index in [0.717, 1.165) is 5.69 Å². The van der Waals surface area contributed by atoms with Crippen molar-refractivity contribution < 1.29 is 9.53 Å². The molecular formula is C17H27N3O2. The van der Waals surface area contributed by atoms with Crippen molar-refractivity contribution in [2.24, 2.45) is 5.92 Å². The van der Waals surface area contributed by atoms with Gasteiger partial charge in [-0.3, -0.25) is 14.4 Å². The van der Waals surface area contributed by atoms with Crippen molar-refractivity contribution in [2.45, 2.75) is 58.0 Å². The largest absolute Gasteiger partial charge is 0.465 e. The second-order valence-electron chi connectivity index (χ2n) is 6.65. The summed E-state index contributed by atoms with van der Waals surface area (Å²) in [7, 11) is 0. The molecule has 0 amide bonds. The fraction of sp³-hybridized carbons (Fsp3) is 0.765. The standard InChI is InChI=1S/C17H27N3O2/c1-14-7-11-20(18-14)12-8-17(21)22-13-15-5-4-10-19-9-3-2-6-16(15)19/h7,11,15-16H,2-6,8-10,12-13H2,1H3. The summed E-state index contributed by atoms with van der Waals surface area (Å²) in [6.07, 6.45) is 8.68. The van der Waals surface area contributed by atoms with E-state index >= 15 is 0 Å². The summed E-state index contributed by atoms with van der Waals surface area (Å²) in [5, 5.41) is 4.29. The predicted octanol–water partition coefficient (Wildman–Crippen LogP) is 2.39. The van der Waals surface area contributed by atoms with Crippen LogP contribution < -0.4 is 0 Å². The van der Waals surface area contributed by atoms with Crippen molar-refractivity contribution in [3.63, 3.8) is 0 Å². The van der Waals surface area contributed by atoms with Crippen LogP contribution in [0.2, 0.25) is 0 Å². The lowest BCUT2D eigenvalue weighted by Gasteiger charge is -2.44. The van der Waals surface area contributed by atoms with Gasteiger partial charge in [0.15, 0.2) is 0 Å². The third-order valence-electron chi connectivity index (χ3n) is 5.01. The lowest BCUT2D eigenvalue weighted by atomic mass is 9.84. The van der Waals surface area contributed by atoms with Gasteiger partial charge in [-0.1, -0.05) is 6.42 Å². The van der Waals surface area contributed by atoms with Crippen molar-refractivity contribution >= 4 is 5.97 Å². The van der Waals surface area contributed by atoms with Crippen LogP contribution in [0, 0.1) is 12.8 Å². The van der Waals surface area contributed by atoms with Crippen molar-refractivity contribution in [1.82, 2.24) is 14.7 Å². The summed E-state index contributed by atoms with van der Waals surface area (Å²) in [5.41, 5.74) is 0.980. The molecule has 0 aromatic carbocycles. The van der Waals surface area contributed by atoms with Crippen molar-refractivity contribution in [2.75, 3.05) is 19.7 Å². The minimum atomic E-state index is -0.0962. The molecule has 2 aliphatic rings. The molecular weight excluding hydrogens is 278 g/mol. The van der Waals surface area contributed by atoms with E-state index in [0.29, 0.717) is 31.5 Å². The Morgan fingerprint density at radius 2 is 2.18 bits per heavy atom. The van der Waals surface area contributed by atoms with Gasteiger partial charge >= 0.3 is 5.97 Å². The van der Waals surface area contributed by atoms with E-state index < -0.39 is 0 Å². The average molecular weight is 305 g/mol. The second kappa shape index (κ2) is 7.27. The molecule has 2 fully saturated rings. The molecule has 22 heavy (non-hydrogen) atoms. The molecule has 1 aromatic rings. The monoisotopic (exact) mass is 305 g/mol. The third-order valence-corrected chi connectivity index (χ3v) is 5.01. The maximum absolute atomic E-state index is 11.9. The first kappa shape index (κ1) is 15.5. The van der Waals surface area contributed by atoms with Gasteiger partial charge in [-0.05, 0) is 51.8 Å². The van der Waals surface area contributed by atoms with E-state index in [1.165, 1.54) is 45.2 Å². The highest BCUT2D eigenvalue weighted by Gasteiger charge is 2.33. The summed E-state index contributed by atoms with van der Waals surface area (Å²) in [4.78, 5) is 14.6. The van der Waals surface area contributed by atoms with E-state index in [1.54, 1.807) is 4.68 Å². The van der Waals surface area contributed by atoms with Gasteiger partial charge in [0, 0.05) is 18.2 Å². The number of fused-ring (bicyclic) bond motifs is 1. The molecule has 0 spiro atoms. The molecule has 5 heteroatoms. The van der Waals surface area contributed by atoms with Crippen LogP contribution in [0.1, 0.15) is 44.2 Å². The summed E-state index contributed by atoms with van der Waals surface area (Å²) < 4.78 is 7.36. The molecule has 3 rings (SSSR count). The Balaban J connectivity index is 1.42. The van der Waals surface area contributed by atoms with E-state index in [9.17, 15) is 4.79 Å². The smallest absolute Gasteiger partial charge is 0.307 e. The van der Waals surface area contributed by atoms with Gasteiger partial charge < -0.3 is 4.74 Å². The molecule has 2 saturated heterocycles. The predicted molar refractivity (Wildman–Crippen MR) is 84.5 cm³/mol. The number of aryl methyl sites for hydroxylation is 2. The van der Waals surface area contributed by atoms with Gasteiger partial charge in [0.1, 0.15) is 0 Å². The zero-order chi connectivity index (χ0) is 15.4. The summed E-state index contributed by atoms with van der Waals surface area (Å²) >= 11 is 0. The maximum Gasteiger partial charge on any atom is 0.307 e. The first-order valence-electron chi connectivity index (χ1n) is 8.62. The second-order valence-corrected chi connectivity index (χ2v) is 6.65. The molecule has 0 saturated carbocycles. The molecule has 2 aliphatic heterocycles. The summed E-state index contributed by atoms with van der Waals surface area (Å²) in [5.74, 6) is 0.436. The van der Waals surface area contributed by atoms with E-state index in [1.807, 2.05) is 19.2 Å². The quantitative estimate of drug-likeness (QED) is 0.784. The van der Waals surface area contributed by atoms with Crippen molar-refractivity contribution in [1.29, 1.82) is 0 Å². The van der Waals surface area contributed by atoms with Crippen LogP contribution in [0.15, 0.2) is 12.3 Å². The van der Waals surface area contributed by atoms with Gasteiger partial charge in [0.05, 0.1) is 25.3 Å². The van der Waals surface area contributed by atoms with Gasteiger partial charge in [0.2, 0.25) is 0 Å². The Morgan fingerprint density at radius 3 is 3.00 bits per heavy atom. The SMILES string of the molecule is Cc1ccn(CCC(=O)OCC2CCCN3CCCCC23)n1. The van der Waals surface area contributed by atoms with Crippen LogP contribution in [0.25, 0.3) is 0 Å². The Kier molecular flexibility index (Phi) is 5.13. The number of esters is 1. The van der Waals surface area contributed by atoms with Crippen LogP contribution in [0.5, 0.6) is 0 Å². The number of ether oxygens (including phenoxy) is 1. The third kappa shape index (κ3) is 3.88. The molecule has 0 bridgehead atoms. The zero-order valence-corrected chi connectivity index (χ0v) is 13.5. The molecule has 1 aromatic heterocycles. The van der Waals surface area contributed by atoms with Crippen LogP contribution in [-0.2, 0) is 16.1 Å². The fourth-order valence-electron chi connectivity index (χ4n) is 3.84. The summed E-state index contributed by atoms with van der Waals surface area (Å²) in [6.45, 7) is 5.61. The van der Waals surface area contributed by atoms with Gasteiger partial charge in [-0.15, -0.1) is 0 Å². The topological polar surface area (TPSA) is 47.4 Å². The van der Waals surface area contributed by atoms with Crippen LogP contribution in [-0.4, -0.2) is 46.4 Å². The first-order valence-corrected chi connectivity index (χ1v) is 8.62. The Bertz CT molecular complexity index is 498. The lowest BCUT2D eigenvalue weighted by Crippen LogP contribution is -2.49. The van der Waals surface area contributed by atoms with E-state index in [-0.39, 0.29) is 5.97 Å². The number of nitrogens with zero attached hydrogens (tertiary/aromatic N) is 3. The van der Waals surface area contributed by atoms with Gasteiger partial charge in [-0.25, -0.2) is 0 Å². The molecule has 3 heterocycles. The van der Waals surface area contributed by atoms with Crippen LogP contribution in [0.4, 0.5) is 0 Å². The minimum Gasteiger partial charge on any atom is -0.465 e. The van der Waals surface area contributed by atoms with Gasteiger partial charge in [0.25, 0.3) is 0 Å². The normalized spacial score (nSPS) is 25.7. The number of hydrogen-bond donors (Lipinski definition) is 0. The highest BCUT2D eigenvalue weighted by atomic mass is 16.5. The molecule has 5 nitrogen and oxygen atoms in total. The Morgan fingerprint density at radius 1 is 1.32 bits per heavy atom. The molecule has 0 radical (unpaired) electrons. The molecule has 2 unspecified atom stereocenters. The number of aromatic nitrogens is 2. The average Bonchev–Trinajstić information content (AvgIpc) is 2.96. The highest BCUT2D eigenvalue weighted by Crippen LogP contribution is 2.31. The number of hydrogen-bond acceptors (Lipinski definition) is 4. The highest BCUT2D eigenvalue weighted by molar-refractivity contribution is 5.69. The number of rotatable bonds is 5. The molecule has 0 aliphatic carbocycles. The van der Waals surface area contributed by atoms with Gasteiger partial charge in [-0.2, -0.15) is 5.10 Å². The molecule has 2 atom stereocenters. The van der Waals surface area contributed by atoms with Crippen molar-refractivity contribution in [3.05, 3.63) is 18.0 Å². The van der Waals surface area contributed by atoms with E-state index in [4.69, 9.17) is 4.74 Å². The van der Waals surface area contributed by atoms with E-state index in [2.05, 4.69) is 10.00 Å². The Labute approximate surface area is 132 Å². The number of carbonyl (C=O) groups is 1. The first-order chi connectivity index (χ1) is 10.7. The Hall–Kier alpha value is -1.36. The summed E-state index contributed by atoms with van der Waals surface area (Å²) in [6, 6.07) is 2.59. The zero-order valence-electron chi connectivity index (χ0n) is 13.5. The molecule has 0 N–H and O–H groups in total.